The van der Waals surface area contributed by atoms with E-state index in [4.69, 9.17) is 5.73 Å². The topological polar surface area (TPSA) is 68.0 Å². The molecule has 19 heavy (non-hydrogen) atoms. The molecular formula is C14H17N3OS. The third-order valence-electron chi connectivity index (χ3n) is 2.82. The van der Waals surface area contributed by atoms with Crippen LogP contribution in [0.2, 0.25) is 0 Å². The molecule has 0 aliphatic carbocycles. The summed E-state index contributed by atoms with van der Waals surface area (Å²) in [6.45, 7) is 3.86. The van der Waals surface area contributed by atoms with Gasteiger partial charge in [-0.1, -0.05) is 19.1 Å². The third-order valence-corrected chi connectivity index (χ3v) is 3.59. The van der Waals surface area contributed by atoms with Gasteiger partial charge in [0.2, 0.25) is 5.91 Å². The lowest BCUT2D eigenvalue weighted by atomic mass is 10.1. The van der Waals surface area contributed by atoms with Crippen molar-refractivity contribution in [2.75, 3.05) is 5.32 Å². The molecule has 1 unspecified atom stereocenters. The van der Waals surface area contributed by atoms with E-state index in [0.29, 0.717) is 6.42 Å². The zero-order valence-corrected chi connectivity index (χ0v) is 11.8. The predicted molar refractivity (Wildman–Crippen MR) is 79.2 cm³/mol. The van der Waals surface area contributed by atoms with E-state index in [1.807, 2.05) is 43.5 Å². The molecular weight excluding hydrogens is 258 g/mol. The number of nitrogens with zero attached hydrogens (tertiary/aromatic N) is 1. The van der Waals surface area contributed by atoms with Crippen LogP contribution in [-0.2, 0) is 4.79 Å². The first-order valence-electron chi connectivity index (χ1n) is 6.19. The Bertz CT molecular complexity index is 580. The maximum atomic E-state index is 11.7. The van der Waals surface area contributed by atoms with Crippen molar-refractivity contribution in [1.29, 1.82) is 0 Å². The number of nitrogens with one attached hydrogen (secondary N) is 1. The quantitative estimate of drug-likeness (QED) is 0.901. The van der Waals surface area contributed by atoms with Crippen molar-refractivity contribution in [3.05, 3.63) is 34.7 Å². The van der Waals surface area contributed by atoms with Gasteiger partial charge in [-0.2, -0.15) is 0 Å². The molecule has 1 atom stereocenters. The molecule has 4 nitrogen and oxygen atoms in total. The predicted octanol–water partition coefficient (Wildman–Crippen LogP) is 2.79. The van der Waals surface area contributed by atoms with Gasteiger partial charge in [-0.25, -0.2) is 4.98 Å². The Morgan fingerprint density at radius 2 is 2.32 bits per heavy atom. The monoisotopic (exact) mass is 275 g/mol. The molecule has 1 aromatic carbocycles. The van der Waals surface area contributed by atoms with Crippen molar-refractivity contribution < 1.29 is 4.79 Å². The van der Waals surface area contributed by atoms with Crippen molar-refractivity contribution in [2.24, 2.45) is 5.73 Å². The maximum Gasteiger partial charge on any atom is 0.241 e. The molecule has 3 N–H and O–H groups in total. The summed E-state index contributed by atoms with van der Waals surface area (Å²) in [5.41, 5.74) is 8.36. The van der Waals surface area contributed by atoms with Crippen LogP contribution in [0.15, 0.2) is 29.6 Å². The highest BCUT2D eigenvalue weighted by Crippen LogP contribution is 2.24. The summed E-state index contributed by atoms with van der Waals surface area (Å²) in [4.78, 5) is 16.2. The minimum Gasteiger partial charge on any atom is -0.325 e. The van der Waals surface area contributed by atoms with Crippen molar-refractivity contribution in [3.63, 3.8) is 0 Å². The Labute approximate surface area is 116 Å². The van der Waals surface area contributed by atoms with Crippen LogP contribution >= 0.6 is 11.3 Å². The second kappa shape index (κ2) is 5.95. The van der Waals surface area contributed by atoms with E-state index in [9.17, 15) is 4.79 Å². The first-order chi connectivity index (χ1) is 9.10. The zero-order valence-electron chi connectivity index (χ0n) is 11.0. The van der Waals surface area contributed by atoms with Crippen LogP contribution in [0, 0.1) is 6.92 Å². The average Bonchev–Trinajstić information content (AvgIpc) is 2.84. The molecule has 2 rings (SSSR count). The van der Waals surface area contributed by atoms with Crippen molar-refractivity contribution in [2.45, 2.75) is 26.3 Å². The number of nitrogens with two attached hydrogens (primary N) is 1. The van der Waals surface area contributed by atoms with Crippen LogP contribution in [0.5, 0.6) is 0 Å². The number of anilines is 1. The van der Waals surface area contributed by atoms with Gasteiger partial charge in [0.1, 0.15) is 0 Å². The van der Waals surface area contributed by atoms with Crippen LogP contribution in [0.25, 0.3) is 11.3 Å². The van der Waals surface area contributed by atoms with E-state index in [2.05, 4.69) is 10.3 Å². The van der Waals surface area contributed by atoms with E-state index < -0.39 is 6.04 Å². The largest absolute Gasteiger partial charge is 0.325 e. The molecule has 0 radical (unpaired) electrons. The summed E-state index contributed by atoms with van der Waals surface area (Å²) in [5.74, 6) is -0.158. The fraction of sp³-hybridized carbons (Fsp3) is 0.286. The first kappa shape index (κ1) is 13.7. The minimum absolute atomic E-state index is 0.158. The number of rotatable bonds is 4. The van der Waals surface area contributed by atoms with E-state index in [1.165, 1.54) is 0 Å². The molecule has 1 amide bonds. The molecule has 0 spiro atoms. The van der Waals surface area contributed by atoms with Crippen molar-refractivity contribution in [3.8, 4) is 11.3 Å². The Morgan fingerprint density at radius 3 is 2.95 bits per heavy atom. The van der Waals surface area contributed by atoms with Gasteiger partial charge in [0.15, 0.2) is 0 Å². The molecule has 0 saturated heterocycles. The summed E-state index contributed by atoms with van der Waals surface area (Å²) in [5, 5.41) is 5.85. The van der Waals surface area contributed by atoms with E-state index in [1.54, 1.807) is 11.3 Å². The number of carbonyl (C=O) groups excluding carboxylic acids is 1. The Hall–Kier alpha value is -1.72. The zero-order chi connectivity index (χ0) is 13.8. The number of hydrogen-bond acceptors (Lipinski definition) is 4. The van der Waals surface area contributed by atoms with Gasteiger partial charge in [-0.05, 0) is 25.5 Å². The molecule has 0 fully saturated rings. The lowest BCUT2D eigenvalue weighted by molar-refractivity contribution is -0.117. The third kappa shape index (κ3) is 3.39. The Balaban J connectivity index is 2.18. The Kier molecular flexibility index (Phi) is 4.29. The lowest BCUT2D eigenvalue weighted by Crippen LogP contribution is -2.34. The van der Waals surface area contributed by atoms with Crippen LogP contribution in [0.1, 0.15) is 18.4 Å². The number of hydrogen-bond donors (Lipinski definition) is 2. The molecule has 0 bridgehead atoms. The van der Waals surface area contributed by atoms with Crippen LogP contribution < -0.4 is 11.1 Å². The van der Waals surface area contributed by atoms with Gasteiger partial charge in [0.05, 0.1) is 16.7 Å². The van der Waals surface area contributed by atoms with Crippen LogP contribution in [0.4, 0.5) is 5.69 Å². The molecule has 1 heterocycles. The summed E-state index contributed by atoms with van der Waals surface area (Å²) < 4.78 is 0. The lowest BCUT2D eigenvalue weighted by Gasteiger charge is -2.10. The summed E-state index contributed by atoms with van der Waals surface area (Å²) in [6.07, 6.45) is 0.622. The number of aryl methyl sites for hydroxylation is 1. The summed E-state index contributed by atoms with van der Waals surface area (Å²) in [7, 11) is 0. The van der Waals surface area contributed by atoms with Crippen molar-refractivity contribution in [1.82, 2.24) is 4.98 Å². The molecule has 5 heteroatoms. The van der Waals surface area contributed by atoms with E-state index in [0.717, 1.165) is 22.0 Å². The number of carbonyl (C=O) groups is 1. The molecule has 2 aromatic rings. The highest BCUT2D eigenvalue weighted by molar-refractivity contribution is 7.09. The smallest absolute Gasteiger partial charge is 0.241 e. The number of benzene rings is 1. The number of amides is 1. The molecule has 1 aromatic heterocycles. The second-order valence-electron chi connectivity index (χ2n) is 4.34. The first-order valence-corrected chi connectivity index (χ1v) is 7.07. The SMILES string of the molecule is CCC(N)C(=O)Nc1cccc(-c2csc(C)n2)c1. The van der Waals surface area contributed by atoms with Gasteiger partial charge >= 0.3 is 0 Å². The maximum absolute atomic E-state index is 11.7. The summed E-state index contributed by atoms with van der Waals surface area (Å²) >= 11 is 1.61. The van der Waals surface area contributed by atoms with Crippen molar-refractivity contribution >= 4 is 22.9 Å². The normalized spacial score (nSPS) is 12.2. The van der Waals surface area contributed by atoms with E-state index in [-0.39, 0.29) is 5.91 Å². The fourth-order valence-electron chi connectivity index (χ4n) is 1.67. The molecule has 100 valence electrons. The van der Waals surface area contributed by atoms with Crippen LogP contribution in [0.3, 0.4) is 0 Å². The van der Waals surface area contributed by atoms with E-state index >= 15 is 0 Å². The molecule has 0 aliphatic rings. The van der Waals surface area contributed by atoms with Gasteiger partial charge in [0.25, 0.3) is 0 Å². The van der Waals surface area contributed by atoms with Gasteiger partial charge < -0.3 is 11.1 Å². The second-order valence-corrected chi connectivity index (χ2v) is 5.40. The highest BCUT2D eigenvalue weighted by atomic mass is 32.1. The minimum atomic E-state index is -0.467. The van der Waals surface area contributed by atoms with Crippen LogP contribution in [-0.4, -0.2) is 16.9 Å². The summed E-state index contributed by atoms with van der Waals surface area (Å²) in [6, 6.07) is 7.17. The van der Waals surface area contributed by atoms with Gasteiger partial charge in [0, 0.05) is 16.6 Å². The fourth-order valence-corrected chi connectivity index (χ4v) is 2.29. The molecule has 0 saturated carbocycles. The number of thiazole rings is 1. The van der Waals surface area contributed by atoms with Gasteiger partial charge in [-0.3, -0.25) is 4.79 Å². The average molecular weight is 275 g/mol. The van der Waals surface area contributed by atoms with Gasteiger partial charge in [-0.15, -0.1) is 11.3 Å². The Morgan fingerprint density at radius 1 is 1.53 bits per heavy atom. The standard InChI is InChI=1S/C14H17N3OS/c1-3-12(15)14(18)17-11-6-4-5-10(7-11)13-8-19-9(2)16-13/h4-8,12H,3,15H2,1-2H3,(H,17,18). The highest BCUT2D eigenvalue weighted by Gasteiger charge is 2.11. The number of aromatic nitrogens is 1. The molecule has 0 aliphatic heterocycles.